The predicted molar refractivity (Wildman–Crippen MR) is 77.9 cm³/mol. The minimum absolute atomic E-state index is 0.0456. The van der Waals surface area contributed by atoms with Crippen LogP contribution in [-0.4, -0.2) is 57.4 Å². The summed E-state index contributed by atoms with van der Waals surface area (Å²) in [4.78, 5) is 31.7. The molecule has 7 heteroatoms. The van der Waals surface area contributed by atoms with E-state index in [0.29, 0.717) is 0 Å². The van der Waals surface area contributed by atoms with Gasteiger partial charge in [-0.2, -0.15) is 0 Å². The highest BCUT2D eigenvalue weighted by Gasteiger charge is 2.55. The molecule has 6 nitrogen and oxygen atoms in total. The average molecular weight is 309 g/mol. The largest absolute Gasteiger partial charge is 0.481 e. The summed E-state index contributed by atoms with van der Waals surface area (Å²) in [7, 11) is 1.75. The van der Waals surface area contributed by atoms with Crippen LogP contribution >= 0.6 is 11.3 Å². The molecule has 3 heterocycles. The molecule has 2 fully saturated rings. The number of amides is 1. The molecule has 2 aliphatic rings. The second-order valence-electron chi connectivity index (χ2n) is 5.85. The van der Waals surface area contributed by atoms with Crippen LogP contribution < -0.4 is 0 Å². The van der Waals surface area contributed by atoms with Crippen LogP contribution in [0.5, 0.6) is 0 Å². The number of hydrogen-bond acceptors (Lipinski definition) is 5. The lowest BCUT2D eigenvalue weighted by atomic mass is 9.77. The fraction of sp³-hybridized carbons (Fsp3) is 0.643. The van der Waals surface area contributed by atoms with Gasteiger partial charge in [0.25, 0.3) is 0 Å². The number of aliphatic carboxylic acids is 1. The van der Waals surface area contributed by atoms with E-state index in [-0.39, 0.29) is 12.3 Å². The molecule has 0 radical (unpaired) electrons. The van der Waals surface area contributed by atoms with E-state index in [1.165, 1.54) is 0 Å². The van der Waals surface area contributed by atoms with E-state index in [0.717, 1.165) is 37.5 Å². The Morgan fingerprint density at radius 3 is 2.81 bits per heavy atom. The van der Waals surface area contributed by atoms with Gasteiger partial charge < -0.3 is 10.0 Å². The molecular formula is C14H19N3O3S. The first-order valence-electron chi connectivity index (χ1n) is 7.13. The van der Waals surface area contributed by atoms with Crippen LogP contribution in [-0.2, 0) is 16.1 Å². The second kappa shape index (κ2) is 5.38. The van der Waals surface area contributed by atoms with Crippen LogP contribution in [0, 0.1) is 5.92 Å². The zero-order chi connectivity index (χ0) is 15.0. The summed E-state index contributed by atoms with van der Waals surface area (Å²) in [6.07, 6.45) is 3.38. The maximum Gasteiger partial charge on any atom is 0.309 e. The number of rotatable bonds is 3. The summed E-state index contributed by atoms with van der Waals surface area (Å²) in [5.74, 6) is -1.46. The number of carboxylic acid groups (broad SMARTS) is 1. The minimum Gasteiger partial charge on any atom is -0.481 e. The van der Waals surface area contributed by atoms with Gasteiger partial charge in [-0.25, -0.2) is 4.98 Å². The second-order valence-corrected chi connectivity index (χ2v) is 6.83. The lowest BCUT2D eigenvalue weighted by molar-refractivity contribution is -0.146. The standard InChI is InChI=1S/C14H19N3O3S/c1-16-12(18)8-10(13(19)20)14(16)2-5-17(6-3-14)9-11-15-4-7-21-11/h4,7,10H,2-3,5-6,8-9H2,1H3,(H,19,20). The molecule has 1 aromatic rings. The number of piperidine rings is 1. The highest BCUT2D eigenvalue weighted by Crippen LogP contribution is 2.42. The van der Waals surface area contributed by atoms with Gasteiger partial charge in [-0.15, -0.1) is 11.3 Å². The molecule has 1 aromatic heterocycles. The van der Waals surface area contributed by atoms with E-state index in [4.69, 9.17) is 0 Å². The van der Waals surface area contributed by atoms with Crippen molar-refractivity contribution < 1.29 is 14.7 Å². The SMILES string of the molecule is CN1C(=O)CC(C(=O)O)C12CCN(Cc1nccs1)CC2. The number of nitrogens with zero attached hydrogens (tertiary/aromatic N) is 3. The Bertz CT molecular complexity index is 538. The van der Waals surface area contributed by atoms with Crippen LogP contribution in [0.2, 0.25) is 0 Å². The van der Waals surface area contributed by atoms with Gasteiger partial charge in [0.1, 0.15) is 5.01 Å². The van der Waals surface area contributed by atoms with E-state index in [2.05, 4.69) is 9.88 Å². The quantitative estimate of drug-likeness (QED) is 0.903. The fourth-order valence-electron chi connectivity index (χ4n) is 3.61. The van der Waals surface area contributed by atoms with Crippen molar-refractivity contribution in [2.24, 2.45) is 5.92 Å². The molecule has 0 aromatic carbocycles. The van der Waals surface area contributed by atoms with Crippen molar-refractivity contribution in [3.8, 4) is 0 Å². The number of carbonyl (C=O) groups excluding carboxylic acids is 1. The van der Waals surface area contributed by atoms with Gasteiger partial charge in [0, 0.05) is 38.1 Å². The highest BCUT2D eigenvalue weighted by atomic mass is 32.1. The lowest BCUT2D eigenvalue weighted by Gasteiger charge is -2.45. The number of carbonyl (C=O) groups is 2. The van der Waals surface area contributed by atoms with E-state index in [1.54, 1.807) is 29.5 Å². The molecule has 21 heavy (non-hydrogen) atoms. The third kappa shape index (κ3) is 2.44. The Hall–Kier alpha value is -1.47. The van der Waals surface area contributed by atoms with Gasteiger partial charge in [-0.05, 0) is 12.8 Å². The summed E-state index contributed by atoms with van der Waals surface area (Å²) < 4.78 is 0. The van der Waals surface area contributed by atoms with E-state index < -0.39 is 17.4 Å². The third-order valence-corrected chi connectivity index (χ3v) is 5.70. The van der Waals surface area contributed by atoms with Gasteiger partial charge in [0.2, 0.25) is 5.91 Å². The van der Waals surface area contributed by atoms with Crippen LogP contribution in [0.3, 0.4) is 0 Å². The van der Waals surface area contributed by atoms with Gasteiger partial charge in [-0.1, -0.05) is 0 Å². The van der Waals surface area contributed by atoms with Crippen molar-refractivity contribution in [1.29, 1.82) is 0 Å². The van der Waals surface area contributed by atoms with Crippen molar-refractivity contribution in [1.82, 2.24) is 14.8 Å². The Labute approximate surface area is 127 Å². The highest BCUT2D eigenvalue weighted by molar-refractivity contribution is 7.09. The summed E-state index contributed by atoms with van der Waals surface area (Å²) in [5.41, 5.74) is -0.498. The van der Waals surface area contributed by atoms with Crippen LogP contribution in [0.15, 0.2) is 11.6 Å². The zero-order valence-corrected chi connectivity index (χ0v) is 12.8. The van der Waals surface area contributed by atoms with E-state index in [9.17, 15) is 14.7 Å². The minimum atomic E-state index is -0.846. The van der Waals surface area contributed by atoms with Crippen molar-refractivity contribution >= 4 is 23.2 Å². The van der Waals surface area contributed by atoms with Crippen molar-refractivity contribution in [3.05, 3.63) is 16.6 Å². The number of thiazole rings is 1. The summed E-state index contributed by atoms with van der Waals surface area (Å²) in [5, 5.41) is 12.5. The van der Waals surface area contributed by atoms with Gasteiger partial charge >= 0.3 is 5.97 Å². The molecule has 1 amide bonds. The third-order valence-electron chi connectivity index (χ3n) is 4.93. The Morgan fingerprint density at radius 2 is 2.24 bits per heavy atom. The molecule has 3 rings (SSSR count). The summed E-state index contributed by atoms with van der Waals surface area (Å²) in [6.45, 7) is 2.42. The fourth-order valence-corrected chi connectivity index (χ4v) is 4.26. The Balaban J connectivity index is 1.70. The maximum absolute atomic E-state index is 11.9. The molecule has 1 spiro atoms. The normalized spacial score (nSPS) is 25.7. The number of aromatic nitrogens is 1. The molecule has 0 saturated carbocycles. The van der Waals surface area contributed by atoms with Crippen LogP contribution in [0.4, 0.5) is 0 Å². The van der Waals surface area contributed by atoms with Crippen LogP contribution in [0.25, 0.3) is 0 Å². The first-order valence-corrected chi connectivity index (χ1v) is 8.01. The first kappa shape index (κ1) is 14.5. The van der Waals surface area contributed by atoms with Crippen molar-refractivity contribution in [3.63, 3.8) is 0 Å². The molecular weight excluding hydrogens is 290 g/mol. The molecule has 0 aliphatic carbocycles. The molecule has 0 bridgehead atoms. The topological polar surface area (TPSA) is 73.7 Å². The van der Waals surface area contributed by atoms with Crippen molar-refractivity contribution in [2.75, 3.05) is 20.1 Å². The van der Waals surface area contributed by atoms with Crippen LogP contribution in [0.1, 0.15) is 24.3 Å². The molecule has 114 valence electrons. The molecule has 2 aliphatic heterocycles. The molecule has 1 atom stereocenters. The summed E-state index contributed by atoms with van der Waals surface area (Å²) in [6, 6.07) is 0. The summed E-state index contributed by atoms with van der Waals surface area (Å²) >= 11 is 1.64. The number of hydrogen-bond donors (Lipinski definition) is 1. The van der Waals surface area contributed by atoms with E-state index in [1.807, 2.05) is 5.38 Å². The molecule has 1 unspecified atom stereocenters. The number of likely N-dealkylation sites (tertiary alicyclic amines) is 2. The van der Waals surface area contributed by atoms with Gasteiger partial charge in [0.05, 0.1) is 18.0 Å². The Kier molecular flexibility index (Phi) is 3.71. The number of carboxylic acids is 1. The predicted octanol–water partition coefficient (Wildman–Crippen LogP) is 1.04. The van der Waals surface area contributed by atoms with Gasteiger partial charge in [-0.3, -0.25) is 14.5 Å². The van der Waals surface area contributed by atoms with Crippen molar-refractivity contribution in [2.45, 2.75) is 31.3 Å². The van der Waals surface area contributed by atoms with E-state index >= 15 is 0 Å². The Morgan fingerprint density at radius 1 is 1.52 bits per heavy atom. The molecule has 1 N–H and O–H groups in total. The smallest absolute Gasteiger partial charge is 0.309 e. The van der Waals surface area contributed by atoms with Gasteiger partial charge in [0.15, 0.2) is 0 Å². The monoisotopic (exact) mass is 309 g/mol. The zero-order valence-electron chi connectivity index (χ0n) is 12.0. The lowest BCUT2D eigenvalue weighted by Crippen LogP contribution is -2.55. The maximum atomic E-state index is 11.9. The first-order chi connectivity index (χ1) is 10.0. The molecule has 2 saturated heterocycles. The average Bonchev–Trinajstić information content (AvgIpc) is 3.04.